The van der Waals surface area contributed by atoms with Gasteiger partial charge in [-0.2, -0.15) is 0 Å². The van der Waals surface area contributed by atoms with Crippen LogP contribution in [0.1, 0.15) is 27.2 Å². The molecule has 0 N–H and O–H groups in total. The molecular weight excluding hydrogens is 218 g/mol. The topological polar surface area (TPSA) is 30.0 Å². The quantitative estimate of drug-likeness (QED) is 0.759. The maximum absolute atomic E-state index is 11.9. The minimum Gasteiger partial charge on any atom is -0.292 e. The van der Waals surface area contributed by atoms with E-state index in [1.807, 2.05) is 32.0 Å². The second-order valence-electron chi connectivity index (χ2n) is 3.84. The van der Waals surface area contributed by atoms with Crippen LogP contribution in [0.4, 0.5) is 0 Å². The van der Waals surface area contributed by atoms with Crippen molar-refractivity contribution in [1.82, 2.24) is 4.98 Å². The molecule has 1 aromatic heterocycles. The summed E-state index contributed by atoms with van der Waals surface area (Å²) in [6.45, 7) is 4.08. The van der Waals surface area contributed by atoms with E-state index in [0.29, 0.717) is 12.1 Å². The summed E-state index contributed by atoms with van der Waals surface area (Å²) < 4.78 is 0. The van der Waals surface area contributed by atoms with Crippen molar-refractivity contribution >= 4 is 17.1 Å². The van der Waals surface area contributed by atoms with E-state index >= 15 is 0 Å². The average Bonchev–Trinajstić information content (AvgIpc) is 2.76. The zero-order valence-electron chi connectivity index (χ0n) is 9.36. The highest BCUT2D eigenvalue weighted by molar-refractivity contribution is 7.07. The van der Waals surface area contributed by atoms with Crippen LogP contribution in [0.25, 0.3) is 0 Å². The van der Waals surface area contributed by atoms with E-state index < -0.39 is 0 Å². The van der Waals surface area contributed by atoms with Gasteiger partial charge in [-0.15, -0.1) is 11.3 Å². The third-order valence-electron chi connectivity index (χ3n) is 2.70. The zero-order valence-corrected chi connectivity index (χ0v) is 10.2. The van der Waals surface area contributed by atoms with Crippen LogP contribution in [0.5, 0.6) is 0 Å². The fourth-order valence-electron chi connectivity index (χ4n) is 1.73. The average molecular weight is 231 g/mol. The van der Waals surface area contributed by atoms with E-state index in [4.69, 9.17) is 0 Å². The molecule has 3 heteroatoms. The summed E-state index contributed by atoms with van der Waals surface area (Å²) in [4.78, 5) is 16.0. The van der Waals surface area contributed by atoms with Crippen LogP contribution in [0.2, 0.25) is 0 Å². The first-order chi connectivity index (χ1) is 7.68. The van der Waals surface area contributed by atoms with Gasteiger partial charge in [0.05, 0.1) is 5.51 Å². The maximum Gasteiger partial charge on any atom is 0.186 e. The van der Waals surface area contributed by atoms with Crippen LogP contribution in [0.3, 0.4) is 0 Å². The SMILES string of the molecule is Cc1cccc(C)c1CC(=O)c1cscn1. The Kier molecular flexibility index (Phi) is 3.15. The minimum absolute atomic E-state index is 0.0960. The Labute approximate surface area is 99.0 Å². The Bertz CT molecular complexity index is 482. The van der Waals surface area contributed by atoms with Gasteiger partial charge in [-0.3, -0.25) is 4.79 Å². The number of benzene rings is 1. The maximum atomic E-state index is 11.9. The van der Waals surface area contributed by atoms with Crippen molar-refractivity contribution < 1.29 is 4.79 Å². The molecule has 0 fully saturated rings. The monoisotopic (exact) mass is 231 g/mol. The van der Waals surface area contributed by atoms with Gasteiger partial charge in [0.15, 0.2) is 5.78 Å². The summed E-state index contributed by atoms with van der Waals surface area (Å²) in [5.41, 5.74) is 5.73. The minimum atomic E-state index is 0.0960. The van der Waals surface area contributed by atoms with Crippen LogP contribution in [0.15, 0.2) is 29.1 Å². The number of aryl methyl sites for hydroxylation is 2. The number of aromatic nitrogens is 1. The van der Waals surface area contributed by atoms with Gasteiger partial charge in [0, 0.05) is 11.8 Å². The molecule has 0 amide bonds. The van der Waals surface area contributed by atoms with Gasteiger partial charge in [-0.1, -0.05) is 18.2 Å². The van der Waals surface area contributed by atoms with Crippen molar-refractivity contribution in [2.45, 2.75) is 20.3 Å². The number of Topliss-reactive ketones (excluding diaryl/α,β-unsaturated/α-hetero) is 1. The standard InChI is InChI=1S/C13H13NOS/c1-9-4-3-5-10(2)11(9)6-13(15)12-7-16-8-14-12/h3-5,7-8H,6H2,1-2H3. The molecule has 0 aliphatic heterocycles. The van der Waals surface area contributed by atoms with E-state index in [1.54, 1.807) is 10.9 Å². The summed E-state index contributed by atoms with van der Waals surface area (Å²) in [6.07, 6.45) is 0.447. The molecule has 0 saturated heterocycles. The Morgan fingerprint density at radius 1 is 1.31 bits per heavy atom. The molecule has 0 spiro atoms. The van der Waals surface area contributed by atoms with E-state index in [1.165, 1.54) is 22.5 Å². The molecule has 16 heavy (non-hydrogen) atoms. The normalized spacial score (nSPS) is 10.4. The molecule has 0 bridgehead atoms. The molecule has 0 radical (unpaired) electrons. The lowest BCUT2D eigenvalue weighted by molar-refractivity contribution is 0.0988. The van der Waals surface area contributed by atoms with Gasteiger partial charge in [0.2, 0.25) is 0 Å². The zero-order chi connectivity index (χ0) is 11.5. The number of nitrogens with zero attached hydrogens (tertiary/aromatic N) is 1. The number of carbonyl (C=O) groups excluding carboxylic acids is 1. The molecule has 0 unspecified atom stereocenters. The van der Waals surface area contributed by atoms with Gasteiger partial charge in [0.1, 0.15) is 5.69 Å². The number of carbonyl (C=O) groups is 1. The third kappa shape index (κ3) is 2.19. The molecule has 1 heterocycles. The fourth-order valence-corrected chi connectivity index (χ4v) is 2.29. The lowest BCUT2D eigenvalue weighted by Gasteiger charge is -2.07. The van der Waals surface area contributed by atoms with Crippen molar-refractivity contribution in [3.63, 3.8) is 0 Å². The predicted octanol–water partition coefficient (Wildman–Crippen LogP) is 3.19. The summed E-state index contributed by atoms with van der Waals surface area (Å²) >= 11 is 1.45. The first kappa shape index (κ1) is 11.0. The van der Waals surface area contributed by atoms with E-state index in [-0.39, 0.29) is 5.78 Å². The van der Waals surface area contributed by atoms with Crippen LogP contribution >= 0.6 is 11.3 Å². The van der Waals surface area contributed by atoms with Crippen molar-refractivity contribution in [2.75, 3.05) is 0 Å². The summed E-state index contributed by atoms with van der Waals surface area (Å²) in [5, 5.41) is 1.80. The molecule has 1 aromatic carbocycles. The number of rotatable bonds is 3. The van der Waals surface area contributed by atoms with Crippen molar-refractivity contribution in [2.24, 2.45) is 0 Å². The first-order valence-electron chi connectivity index (χ1n) is 5.15. The van der Waals surface area contributed by atoms with E-state index in [2.05, 4.69) is 4.98 Å². The smallest absolute Gasteiger partial charge is 0.186 e. The molecule has 0 aliphatic rings. The summed E-state index contributed by atoms with van der Waals surface area (Å²) in [7, 11) is 0. The van der Waals surface area contributed by atoms with Crippen LogP contribution in [-0.2, 0) is 6.42 Å². The van der Waals surface area contributed by atoms with Crippen molar-refractivity contribution in [1.29, 1.82) is 0 Å². The number of thiazole rings is 1. The largest absolute Gasteiger partial charge is 0.292 e. The second kappa shape index (κ2) is 4.58. The Morgan fingerprint density at radius 3 is 2.56 bits per heavy atom. The second-order valence-corrected chi connectivity index (χ2v) is 4.56. The fraction of sp³-hybridized carbons (Fsp3) is 0.231. The number of hydrogen-bond donors (Lipinski definition) is 0. The molecule has 2 nitrogen and oxygen atoms in total. The highest BCUT2D eigenvalue weighted by Gasteiger charge is 2.11. The van der Waals surface area contributed by atoms with Gasteiger partial charge < -0.3 is 0 Å². The highest BCUT2D eigenvalue weighted by Crippen LogP contribution is 2.16. The summed E-state index contributed by atoms with van der Waals surface area (Å²) in [6, 6.07) is 6.09. The van der Waals surface area contributed by atoms with E-state index in [0.717, 1.165) is 5.56 Å². The van der Waals surface area contributed by atoms with Crippen LogP contribution < -0.4 is 0 Å². The van der Waals surface area contributed by atoms with Crippen molar-refractivity contribution in [3.8, 4) is 0 Å². The lowest BCUT2D eigenvalue weighted by Crippen LogP contribution is -2.06. The molecule has 0 atom stereocenters. The Balaban J connectivity index is 2.25. The molecule has 2 aromatic rings. The Hall–Kier alpha value is -1.48. The van der Waals surface area contributed by atoms with Gasteiger partial charge in [-0.05, 0) is 30.5 Å². The van der Waals surface area contributed by atoms with Gasteiger partial charge >= 0.3 is 0 Å². The Morgan fingerprint density at radius 2 is 2.00 bits per heavy atom. The molecular formula is C13H13NOS. The molecule has 0 aliphatic carbocycles. The molecule has 0 saturated carbocycles. The predicted molar refractivity (Wildman–Crippen MR) is 66.1 cm³/mol. The van der Waals surface area contributed by atoms with Crippen LogP contribution in [0, 0.1) is 13.8 Å². The first-order valence-corrected chi connectivity index (χ1v) is 6.09. The van der Waals surface area contributed by atoms with Gasteiger partial charge in [-0.25, -0.2) is 4.98 Å². The molecule has 2 rings (SSSR count). The van der Waals surface area contributed by atoms with Crippen LogP contribution in [-0.4, -0.2) is 10.8 Å². The number of hydrogen-bond acceptors (Lipinski definition) is 3. The van der Waals surface area contributed by atoms with Gasteiger partial charge in [0.25, 0.3) is 0 Å². The summed E-state index contributed by atoms with van der Waals surface area (Å²) in [5.74, 6) is 0.0960. The third-order valence-corrected chi connectivity index (χ3v) is 3.29. The number of ketones is 1. The van der Waals surface area contributed by atoms with E-state index in [9.17, 15) is 4.79 Å². The van der Waals surface area contributed by atoms with Crippen molar-refractivity contribution in [3.05, 3.63) is 51.5 Å². The highest BCUT2D eigenvalue weighted by atomic mass is 32.1. The lowest BCUT2D eigenvalue weighted by atomic mass is 9.97. The molecule has 82 valence electrons.